The van der Waals surface area contributed by atoms with Crippen molar-refractivity contribution in [2.75, 3.05) is 45.9 Å². The molecule has 1 heterocycles. The van der Waals surface area contributed by atoms with Gasteiger partial charge in [-0.2, -0.15) is 0 Å². The summed E-state index contributed by atoms with van der Waals surface area (Å²) in [6.45, 7) is 18.2. The summed E-state index contributed by atoms with van der Waals surface area (Å²) in [7, 11) is 0. The normalized spacial score (nSPS) is 18.4. The van der Waals surface area contributed by atoms with Gasteiger partial charge in [0.2, 0.25) is 0 Å². The second-order valence-corrected chi connectivity index (χ2v) is 4.17. The molecule has 0 aliphatic carbocycles. The van der Waals surface area contributed by atoms with Crippen LogP contribution in [-0.2, 0) is 4.74 Å². The highest BCUT2D eigenvalue weighted by atomic mass is 16.5. The van der Waals surface area contributed by atoms with Crippen LogP contribution >= 0.6 is 0 Å². The van der Waals surface area contributed by atoms with Gasteiger partial charge in [-0.1, -0.05) is 13.8 Å². The first-order valence-corrected chi connectivity index (χ1v) is 6.78. The zero-order chi connectivity index (χ0) is 12.4. The molecule has 0 bridgehead atoms. The summed E-state index contributed by atoms with van der Waals surface area (Å²) >= 11 is 0. The Balaban J connectivity index is 0.00000106. The fraction of sp³-hybridized carbons (Fsp3) is 1.00. The number of rotatable bonds is 5. The molecule has 3 heteroatoms. The van der Waals surface area contributed by atoms with Gasteiger partial charge in [-0.3, -0.25) is 9.80 Å². The summed E-state index contributed by atoms with van der Waals surface area (Å²) in [6, 6.07) is 0.698. The summed E-state index contributed by atoms with van der Waals surface area (Å²) < 4.78 is 5.36. The third kappa shape index (κ3) is 6.46. The molecule has 1 aliphatic rings. The SMILES string of the molecule is CC.CCOCCN1CCN(C(C)C)CC1. The van der Waals surface area contributed by atoms with Gasteiger partial charge in [-0.25, -0.2) is 0 Å². The molecule has 0 spiro atoms. The minimum atomic E-state index is 0.698. The van der Waals surface area contributed by atoms with Crippen LogP contribution in [0.1, 0.15) is 34.6 Å². The lowest BCUT2D eigenvalue weighted by Gasteiger charge is -2.36. The molecule has 1 saturated heterocycles. The van der Waals surface area contributed by atoms with Crippen LogP contribution in [0.5, 0.6) is 0 Å². The Morgan fingerprint density at radius 1 is 1.06 bits per heavy atom. The maximum absolute atomic E-state index is 5.36. The van der Waals surface area contributed by atoms with Crippen LogP contribution in [0.2, 0.25) is 0 Å². The van der Waals surface area contributed by atoms with Gasteiger partial charge in [-0.05, 0) is 20.8 Å². The van der Waals surface area contributed by atoms with Gasteiger partial charge >= 0.3 is 0 Å². The predicted molar refractivity (Wildman–Crippen MR) is 71.0 cm³/mol. The monoisotopic (exact) mass is 230 g/mol. The van der Waals surface area contributed by atoms with Gasteiger partial charge < -0.3 is 4.74 Å². The first-order valence-electron chi connectivity index (χ1n) is 6.78. The van der Waals surface area contributed by atoms with E-state index in [1.165, 1.54) is 26.2 Å². The standard InChI is InChI=1S/C11H24N2O.C2H6/c1-4-14-10-9-12-5-7-13(8-6-12)11(2)3;1-2/h11H,4-10H2,1-3H3;1-2H3. The molecule has 0 radical (unpaired) electrons. The number of hydrogen-bond donors (Lipinski definition) is 0. The third-order valence-electron chi connectivity index (χ3n) is 2.89. The topological polar surface area (TPSA) is 15.7 Å². The molecule has 98 valence electrons. The Bertz CT molecular complexity index is 143. The zero-order valence-electron chi connectivity index (χ0n) is 11.8. The number of nitrogens with zero attached hydrogens (tertiary/aromatic N) is 2. The Labute approximate surface area is 102 Å². The highest BCUT2D eigenvalue weighted by Crippen LogP contribution is 2.05. The van der Waals surface area contributed by atoms with E-state index in [1.807, 2.05) is 13.8 Å². The Morgan fingerprint density at radius 3 is 2.06 bits per heavy atom. The minimum absolute atomic E-state index is 0.698. The van der Waals surface area contributed by atoms with Gasteiger partial charge in [0.25, 0.3) is 0 Å². The van der Waals surface area contributed by atoms with Crippen LogP contribution in [0.4, 0.5) is 0 Å². The largest absolute Gasteiger partial charge is 0.380 e. The van der Waals surface area contributed by atoms with Crippen LogP contribution in [0.15, 0.2) is 0 Å². The molecule has 0 atom stereocenters. The highest BCUT2D eigenvalue weighted by molar-refractivity contribution is 4.73. The lowest BCUT2D eigenvalue weighted by atomic mass is 10.2. The van der Waals surface area contributed by atoms with Crippen LogP contribution in [0.3, 0.4) is 0 Å². The third-order valence-corrected chi connectivity index (χ3v) is 2.89. The lowest BCUT2D eigenvalue weighted by Crippen LogP contribution is -2.49. The number of hydrogen-bond acceptors (Lipinski definition) is 3. The maximum atomic E-state index is 5.36. The molecule has 1 aliphatic heterocycles. The van der Waals surface area contributed by atoms with Gasteiger partial charge in [-0.15, -0.1) is 0 Å². The van der Waals surface area contributed by atoms with E-state index in [0.717, 1.165) is 19.8 Å². The molecular weight excluding hydrogens is 200 g/mol. The summed E-state index contributed by atoms with van der Waals surface area (Å²) in [6.07, 6.45) is 0. The fourth-order valence-electron chi connectivity index (χ4n) is 1.84. The van der Waals surface area contributed by atoms with Crippen LogP contribution < -0.4 is 0 Å². The quantitative estimate of drug-likeness (QED) is 0.673. The molecule has 1 fully saturated rings. The molecule has 0 amide bonds. The number of piperazine rings is 1. The van der Waals surface area contributed by atoms with E-state index in [-0.39, 0.29) is 0 Å². The summed E-state index contributed by atoms with van der Waals surface area (Å²) in [5.41, 5.74) is 0. The summed E-state index contributed by atoms with van der Waals surface area (Å²) in [5, 5.41) is 0. The van der Waals surface area contributed by atoms with E-state index in [9.17, 15) is 0 Å². The van der Waals surface area contributed by atoms with Crippen molar-refractivity contribution in [3.05, 3.63) is 0 Å². The van der Waals surface area contributed by atoms with Gasteiger partial charge in [0.1, 0.15) is 0 Å². The van der Waals surface area contributed by atoms with E-state index in [4.69, 9.17) is 4.74 Å². The summed E-state index contributed by atoms with van der Waals surface area (Å²) in [4.78, 5) is 5.03. The molecule has 0 aromatic carbocycles. The van der Waals surface area contributed by atoms with Crippen molar-refractivity contribution in [2.45, 2.75) is 40.7 Å². The first-order chi connectivity index (χ1) is 7.74. The van der Waals surface area contributed by atoms with E-state index < -0.39 is 0 Å². The Hall–Kier alpha value is -0.120. The summed E-state index contributed by atoms with van der Waals surface area (Å²) in [5.74, 6) is 0. The zero-order valence-corrected chi connectivity index (χ0v) is 11.8. The van der Waals surface area contributed by atoms with Gasteiger partial charge in [0.15, 0.2) is 0 Å². The molecule has 3 nitrogen and oxygen atoms in total. The van der Waals surface area contributed by atoms with Crippen molar-refractivity contribution in [1.82, 2.24) is 9.80 Å². The van der Waals surface area contributed by atoms with Crippen molar-refractivity contribution >= 4 is 0 Å². The second kappa shape index (κ2) is 10.1. The molecule has 0 aromatic heterocycles. The lowest BCUT2D eigenvalue weighted by molar-refractivity contribution is 0.0707. The van der Waals surface area contributed by atoms with Crippen molar-refractivity contribution in [3.8, 4) is 0 Å². The van der Waals surface area contributed by atoms with Crippen molar-refractivity contribution in [3.63, 3.8) is 0 Å². The van der Waals surface area contributed by atoms with Gasteiger partial charge in [0.05, 0.1) is 6.61 Å². The smallest absolute Gasteiger partial charge is 0.0593 e. The molecular formula is C13H30N2O. The first kappa shape index (κ1) is 15.9. The van der Waals surface area contributed by atoms with Crippen LogP contribution in [0, 0.1) is 0 Å². The Morgan fingerprint density at radius 2 is 1.62 bits per heavy atom. The molecule has 16 heavy (non-hydrogen) atoms. The van der Waals surface area contributed by atoms with E-state index in [0.29, 0.717) is 6.04 Å². The molecule has 0 unspecified atom stereocenters. The predicted octanol–water partition coefficient (Wildman–Crippen LogP) is 2.08. The van der Waals surface area contributed by atoms with Gasteiger partial charge in [0, 0.05) is 45.4 Å². The molecule has 0 aromatic rings. The molecule has 0 saturated carbocycles. The van der Waals surface area contributed by atoms with Crippen molar-refractivity contribution in [1.29, 1.82) is 0 Å². The second-order valence-electron chi connectivity index (χ2n) is 4.17. The maximum Gasteiger partial charge on any atom is 0.0593 e. The van der Waals surface area contributed by atoms with E-state index in [2.05, 4.69) is 30.6 Å². The Kier molecular flexibility index (Phi) is 9.99. The van der Waals surface area contributed by atoms with Crippen LogP contribution in [0.25, 0.3) is 0 Å². The highest BCUT2D eigenvalue weighted by Gasteiger charge is 2.17. The van der Waals surface area contributed by atoms with E-state index in [1.54, 1.807) is 0 Å². The molecule has 0 N–H and O–H groups in total. The fourth-order valence-corrected chi connectivity index (χ4v) is 1.84. The van der Waals surface area contributed by atoms with Crippen molar-refractivity contribution < 1.29 is 4.74 Å². The minimum Gasteiger partial charge on any atom is -0.380 e. The van der Waals surface area contributed by atoms with E-state index >= 15 is 0 Å². The molecule has 1 rings (SSSR count). The average Bonchev–Trinajstić information content (AvgIpc) is 2.33. The van der Waals surface area contributed by atoms with Crippen molar-refractivity contribution in [2.24, 2.45) is 0 Å². The number of ether oxygens (including phenoxy) is 1. The average molecular weight is 230 g/mol. The van der Waals surface area contributed by atoms with Crippen LogP contribution in [-0.4, -0.2) is 61.8 Å².